The minimum Gasteiger partial charge on any atom is -0.307 e. The molecule has 1 unspecified atom stereocenters. The van der Waals surface area contributed by atoms with Crippen LogP contribution in [0.5, 0.6) is 0 Å². The van der Waals surface area contributed by atoms with Crippen molar-refractivity contribution in [3.8, 4) is 0 Å². The highest BCUT2D eigenvalue weighted by atomic mass is 79.9. The van der Waals surface area contributed by atoms with Gasteiger partial charge in [-0.3, -0.25) is 0 Å². The van der Waals surface area contributed by atoms with Gasteiger partial charge >= 0.3 is 0 Å². The standard InChI is InChI=1S/C12H14Br2N2S2/c1-6(2)8-5-17-12(16-8)10(15-3)9-4-7(13)11(14)18-9/h4-6,10,15H,1-3H3. The maximum Gasteiger partial charge on any atom is 0.115 e. The fourth-order valence-corrected chi connectivity index (χ4v) is 4.98. The second-order valence-corrected chi connectivity index (χ2v) is 8.40. The third-order valence-corrected chi connectivity index (χ3v) is 6.86. The van der Waals surface area contributed by atoms with Crippen LogP contribution < -0.4 is 5.32 Å². The van der Waals surface area contributed by atoms with Gasteiger partial charge in [-0.2, -0.15) is 0 Å². The average molecular weight is 410 g/mol. The minimum absolute atomic E-state index is 0.176. The molecule has 0 bridgehead atoms. The number of hydrogen-bond acceptors (Lipinski definition) is 4. The highest BCUT2D eigenvalue weighted by Crippen LogP contribution is 2.38. The Labute approximate surface area is 132 Å². The van der Waals surface area contributed by atoms with Gasteiger partial charge < -0.3 is 5.32 Å². The first-order chi connectivity index (χ1) is 8.52. The van der Waals surface area contributed by atoms with Crippen molar-refractivity contribution in [2.75, 3.05) is 7.05 Å². The molecule has 6 heteroatoms. The van der Waals surface area contributed by atoms with Crippen LogP contribution in [0.4, 0.5) is 0 Å². The monoisotopic (exact) mass is 408 g/mol. The van der Waals surface area contributed by atoms with E-state index in [0.29, 0.717) is 5.92 Å². The van der Waals surface area contributed by atoms with Crippen LogP contribution in [0.2, 0.25) is 0 Å². The van der Waals surface area contributed by atoms with E-state index in [-0.39, 0.29) is 6.04 Å². The highest BCUT2D eigenvalue weighted by molar-refractivity contribution is 9.13. The third kappa shape index (κ3) is 3.04. The molecule has 2 heterocycles. The van der Waals surface area contributed by atoms with Crippen molar-refractivity contribution < 1.29 is 0 Å². The largest absolute Gasteiger partial charge is 0.307 e. The Hall–Kier alpha value is 0.250. The summed E-state index contributed by atoms with van der Waals surface area (Å²) in [6.07, 6.45) is 0. The number of hydrogen-bond donors (Lipinski definition) is 1. The number of rotatable bonds is 4. The normalized spacial score (nSPS) is 13.2. The smallest absolute Gasteiger partial charge is 0.115 e. The Bertz CT molecular complexity index is 514. The summed E-state index contributed by atoms with van der Waals surface area (Å²) in [6, 6.07) is 2.32. The molecule has 2 aromatic rings. The van der Waals surface area contributed by atoms with E-state index in [1.54, 1.807) is 22.7 Å². The van der Waals surface area contributed by atoms with Crippen LogP contribution in [0.25, 0.3) is 0 Å². The van der Waals surface area contributed by atoms with Gasteiger partial charge in [-0.15, -0.1) is 22.7 Å². The molecule has 1 atom stereocenters. The van der Waals surface area contributed by atoms with Crippen LogP contribution in [-0.4, -0.2) is 12.0 Å². The maximum absolute atomic E-state index is 4.73. The molecular formula is C12H14Br2N2S2. The zero-order valence-corrected chi connectivity index (χ0v) is 15.1. The Morgan fingerprint density at radius 1 is 1.33 bits per heavy atom. The van der Waals surface area contributed by atoms with E-state index in [2.05, 4.69) is 62.5 Å². The molecule has 0 aliphatic rings. The van der Waals surface area contributed by atoms with Gasteiger partial charge in [-0.05, 0) is 50.9 Å². The predicted molar refractivity (Wildman–Crippen MR) is 86.8 cm³/mol. The Balaban J connectivity index is 2.32. The summed E-state index contributed by atoms with van der Waals surface area (Å²) in [7, 11) is 1.97. The molecule has 98 valence electrons. The van der Waals surface area contributed by atoms with Crippen molar-refractivity contribution in [2.24, 2.45) is 0 Å². The zero-order valence-electron chi connectivity index (χ0n) is 10.3. The summed E-state index contributed by atoms with van der Waals surface area (Å²) in [6.45, 7) is 4.34. The van der Waals surface area contributed by atoms with Crippen LogP contribution >= 0.6 is 54.5 Å². The van der Waals surface area contributed by atoms with Crippen molar-refractivity contribution in [2.45, 2.75) is 25.8 Å². The van der Waals surface area contributed by atoms with Gasteiger partial charge in [0.15, 0.2) is 0 Å². The van der Waals surface area contributed by atoms with Gasteiger partial charge in [-0.1, -0.05) is 13.8 Å². The lowest BCUT2D eigenvalue weighted by Crippen LogP contribution is -2.16. The third-order valence-electron chi connectivity index (χ3n) is 2.62. The van der Waals surface area contributed by atoms with Crippen LogP contribution in [0.1, 0.15) is 41.4 Å². The van der Waals surface area contributed by atoms with Gasteiger partial charge in [0.1, 0.15) is 5.01 Å². The molecule has 0 aliphatic heterocycles. The quantitative estimate of drug-likeness (QED) is 0.753. The Morgan fingerprint density at radius 2 is 2.06 bits per heavy atom. The first-order valence-electron chi connectivity index (χ1n) is 5.60. The van der Waals surface area contributed by atoms with Crippen molar-refractivity contribution in [1.29, 1.82) is 0 Å². The summed E-state index contributed by atoms with van der Waals surface area (Å²) in [5, 5.41) is 6.63. The van der Waals surface area contributed by atoms with Crippen LogP contribution in [0.15, 0.2) is 19.7 Å². The molecule has 18 heavy (non-hydrogen) atoms. The molecule has 0 fully saturated rings. The summed E-state index contributed by atoms with van der Waals surface area (Å²) >= 11 is 10.5. The van der Waals surface area contributed by atoms with Crippen LogP contribution in [0.3, 0.4) is 0 Å². The van der Waals surface area contributed by atoms with Gasteiger partial charge in [-0.25, -0.2) is 4.98 Å². The number of halogens is 2. The van der Waals surface area contributed by atoms with Crippen LogP contribution in [0, 0.1) is 0 Å². The lowest BCUT2D eigenvalue weighted by atomic mass is 10.2. The molecule has 0 radical (unpaired) electrons. The number of thiophene rings is 1. The summed E-state index contributed by atoms with van der Waals surface area (Å²) in [5.41, 5.74) is 1.17. The van der Waals surface area contributed by atoms with E-state index in [0.717, 1.165) is 13.3 Å². The van der Waals surface area contributed by atoms with Gasteiger partial charge in [0.2, 0.25) is 0 Å². The van der Waals surface area contributed by atoms with Gasteiger partial charge in [0.05, 0.1) is 15.5 Å². The number of aromatic nitrogens is 1. The van der Waals surface area contributed by atoms with Gasteiger partial charge in [0, 0.05) is 14.7 Å². The summed E-state index contributed by atoms with van der Waals surface area (Å²) in [5.74, 6) is 0.481. The van der Waals surface area contributed by atoms with E-state index < -0.39 is 0 Å². The Kier molecular flexibility index (Phi) is 4.99. The van der Waals surface area contributed by atoms with Crippen molar-refractivity contribution in [1.82, 2.24) is 10.3 Å². The predicted octanol–water partition coefficient (Wildman–Crippen LogP) is 5.16. The molecule has 0 saturated heterocycles. The maximum atomic E-state index is 4.73. The molecule has 2 rings (SSSR count). The number of thiazole rings is 1. The summed E-state index contributed by atoms with van der Waals surface area (Å²) in [4.78, 5) is 5.99. The number of nitrogens with zero attached hydrogens (tertiary/aromatic N) is 1. The topological polar surface area (TPSA) is 24.9 Å². The highest BCUT2D eigenvalue weighted by Gasteiger charge is 2.20. The van der Waals surface area contributed by atoms with E-state index in [9.17, 15) is 0 Å². The lowest BCUT2D eigenvalue weighted by molar-refractivity contribution is 0.689. The van der Waals surface area contributed by atoms with E-state index >= 15 is 0 Å². The summed E-state index contributed by atoms with van der Waals surface area (Å²) < 4.78 is 2.22. The first-order valence-corrected chi connectivity index (χ1v) is 8.88. The Morgan fingerprint density at radius 3 is 2.50 bits per heavy atom. The fraction of sp³-hybridized carbons (Fsp3) is 0.417. The molecule has 1 N–H and O–H groups in total. The molecule has 2 nitrogen and oxygen atoms in total. The average Bonchev–Trinajstić information content (AvgIpc) is 2.89. The SMILES string of the molecule is CNC(c1cc(Br)c(Br)s1)c1nc(C(C)C)cs1. The number of nitrogens with one attached hydrogen (secondary N) is 1. The molecule has 0 spiro atoms. The van der Waals surface area contributed by atoms with Crippen molar-refractivity contribution in [3.05, 3.63) is 35.3 Å². The van der Waals surface area contributed by atoms with E-state index in [1.165, 1.54) is 10.6 Å². The van der Waals surface area contributed by atoms with E-state index in [1.807, 2.05) is 7.05 Å². The second kappa shape index (κ2) is 6.13. The van der Waals surface area contributed by atoms with Crippen molar-refractivity contribution in [3.63, 3.8) is 0 Å². The molecule has 0 saturated carbocycles. The second-order valence-electron chi connectivity index (χ2n) is 4.26. The zero-order chi connectivity index (χ0) is 13.3. The van der Waals surface area contributed by atoms with Crippen molar-refractivity contribution >= 4 is 54.5 Å². The van der Waals surface area contributed by atoms with Crippen LogP contribution in [-0.2, 0) is 0 Å². The molecule has 0 aromatic carbocycles. The van der Waals surface area contributed by atoms with E-state index in [4.69, 9.17) is 4.98 Å². The molecular weight excluding hydrogens is 396 g/mol. The first kappa shape index (κ1) is 14.7. The molecule has 2 aromatic heterocycles. The van der Waals surface area contributed by atoms with Gasteiger partial charge in [0.25, 0.3) is 0 Å². The molecule has 0 amide bonds. The molecule has 0 aliphatic carbocycles. The minimum atomic E-state index is 0.176. The lowest BCUT2D eigenvalue weighted by Gasteiger charge is -2.11. The fourth-order valence-electron chi connectivity index (χ4n) is 1.59.